The Kier molecular flexibility index (Phi) is 8.28. The molecule has 0 amide bonds. The van der Waals surface area contributed by atoms with Gasteiger partial charge < -0.3 is 9.16 Å². The van der Waals surface area contributed by atoms with Gasteiger partial charge in [0, 0.05) is 12.0 Å². The molecule has 1 aliphatic rings. The van der Waals surface area contributed by atoms with Crippen molar-refractivity contribution in [2.45, 2.75) is 78.1 Å². The lowest BCUT2D eigenvalue weighted by Gasteiger charge is -2.36. The van der Waals surface area contributed by atoms with Gasteiger partial charge in [0.1, 0.15) is 5.75 Å². The number of carbonyl (C=O) groups excluding carboxylic acids is 2. The van der Waals surface area contributed by atoms with E-state index >= 15 is 0 Å². The Hall–Kier alpha value is -1.66. The van der Waals surface area contributed by atoms with Crippen LogP contribution < -0.4 is 4.43 Å². The summed E-state index contributed by atoms with van der Waals surface area (Å²) in [5.74, 6) is 1.22. The van der Waals surface area contributed by atoms with Crippen molar-refractivity contribution < 1.29 is 18.8 Å². The zero-order valence-electron chi connectivity index (χ0n) is 19.8. The molecule has 2 rings (SSSR count). The molecule has 1 fully saturated rings. The van der Waals surface area contributed by atoms with Gasteiger partial charge in [0.15, 0.2) is 5.78 Å². The number of rotatable bonds is 8. The Morgan fingerprint density at radius 1 is 1.13 bits per heavy atom. The second kappa shape index (κ2) is 10.1. The molecule has 168 valence electrons. The lowest BCUT2D eigenvalue weighted by Crippen LogP contribution is -2.44. The average Bonchev–Trinajstić information content (AvgIpc) is 2.67. The van der Waals surface area contributed by atoms with Crippen LogP contribution in [0, 0.1) is 5.92 Å². The molecule has 1 saturated heterocycles. The first-order chi connectivity index (χ1) is 13.9. The Morgan fingerprint density at radius 2 is 1.70 bits per heavy atom. The third kappa shape index (κ3) is 6.42. The van der Waals surface area contributed by atoms with E-state index in [0.717, 1.165) is 37.2 Å². The van der Waals surface area contributed by atoms with Crippen molar-refractivity contribution in [3.8, 4) is 5.75 Å². The number of hydrogen-bond acceptors (Lipinski definition) is 5. The molecule has 1 aromatic rings. The molecule has 0 aliphatic carbocycles. The van der Waals surface area contributed by atoms with Crippen LogP contribution in [0.3, 0.4) is 0 Å². The SMILES string of the molecule is CCOC(=O)CC1CCN(C(C)C(=O)c2ccc(O[Si](C)(C)C(C)(C)C)cc2)CC1. The van der Waals surface area contributed by atoms with E-state index in [2.05, 4.69) is 38.8 Å². The van der Waals surface area contributed by atoms with Crippen LogP contribution in [0.4, 0.5) is 0 Å². The number of Topliss-reactive ketones (excluding diaryl/α,β-unsaturated/α-hetero) is 1. The predicted octanol–water partition coefficient (Wildman–Crippen LogP) is 5.31. The summed E-state index contributed by atoms with van der Waals surface area (Å²) < 4.78 is 11.4. The number of nitrogens with zero attached hydrogens (tertiary/aromatic N) is 1. The van der Waals surface area contributed by atoms with Crippen LogP contribution in [-0.2, 0) is 9.53 Å². The van der Waals surface area contributed by atoms with Crippen molar-refractivity contribution in [1.82, 2.24) is 4.90 Å². The molecule has 0 radical (unpaired) electrons. The second-order valence-electron chi connectivity index (χ2n) is 9.92. The highest BCUT2D eigenvalue weighted by molar-refractivity contribution is 6.74. The second-order valence-corrected chi connectivity index (χ2v) is 14.6. The van der Waals surface area contributed by atoms with E-state index < -0.39 is 8.32 Å². The fourth-order valence-corrected chi connectivity index (χ4v) is 4.57. The van der Waals surface area contributed by atoms with Crippen LogP contribution in [0.5, 0.6) is 5.75 Å². The maximum absolute atomic E-state index is 13.0. The molecule has 1 atom stereocenters. The van der Waals surface area contributed by atoms with Crippen molar-refractivity contribution in [2.75, 3.05) is 19.7 Å². The molecule has 1 unspecified atom stereocenters. The summed E-state index contributed by atoms with van der Waals surface area (Å²) in [6.07, 6.45) is 2.34. The molecule has 0 aromatic heterocycles. The first-order valence-corrected chi connectivity index (χ1v) is 14.1. The number of likely N-dealkylation sites (tertiary alicyclic amines) is 1. The highest BCUT2D eigenvalue weighted by Gasteiger charge is 2.39. The Morgan fingerprint density at radius 3 is 2.20 bits per heavy atom. The van der Waals surface area contributed by atoms with Gasteiger partial charge in [0.2, 0.25) is 8.32 Å². The minimum Gasteiger partial charge on any atom is -0.544 e. The standard InChI is InChI=1S/C24H39NO4Si/c1-8-28-22(26)17-19-13-15-25(16-14-19)18(2)23(27)20-9-11-21(12-10-20)29-30(6,7)24(3,4)5/h9-12,18-19H,8,13-17H2,1-7H3. The summed E-state index contributed by atoms with van der Waals surface area (Å²) in [6, 6.07) is 7.45. The van der Waals surface area contributed by atoms with Gasteiger partial charge in [-0.25, -0.2) is 0 Å². The van der Waals surface area contributed by atoms with Gasteiger partial charge >= 0.3 is 5.97 Å². The van der Waals surface area contributed by atoms with Gasteiger partial charge in [0.05, 0.1) is 12.6 Å². The summed E-state index contributed by atoms with van der Waals surface area (Å²) in [4.78, 5) is 26.9. The van der Waals surface area contributed by atoms with E-state index in [1.165, 1.54) is 0 Å². The van der Waals surface area contributed by atoms with Gasteiger partial charge in [-0.05, 0) is 88.1 Å². The Labute approximate surface area is 183 Å². The third-order valence-corrected chi connectivity index (χ3v) is 11.0. The lowest BCUT2D eigenvalue weighted by atomic mass is 9.92. The Balaban J connectivity index is 1.92. The molecule has 1 heterocycles. The Bertz CT molecular complexity index is 716. The van der Waals surface area contributed by atoms with Gasteiger partial charge in [-0.3, -0.25) is 14.5 Å². The number of benzene rings is 1. The van der Waals surface area contributed by atoms with Crippen molar-refractivity contribution in [1.29, 1.82) is 0 Å². The van der Waals surface area contributed by atoms with E-state index in [9.17, 15) is 9.59 Å². The van der Waals surface area contributed by atoms with Crippen LogP contribution in [0.25, 0.3) is 0 Å². The summed E-state index contributed by atoms with van der Waals surface area (Å²) in [7, 11) is -1.89. The molecular weight excluding hydrogens is 394 g/mol. The third-order valence-electron chi connectivity index (χ3n) is 6.65. The molecule has 6 heteroatoms. The van der Waals surface area contributed by atoms with Crippen LogP contribution in [0.1, 0.15) is 64.2 Å². The highest BCUT2D eigenvalue weighted by atomic mass is 28.4. The van der Waals surface area contributed by atoms with Crippen molar-refractivity contribution in [3.63, 3.8) is 0 Å². The van der Waals surface area contributed by atoms with Gasteiger partial charge in [0.25, 0.3) is 0 Å². The topological polar surface area (TPSA) is 55.8 Å². The molecule has 1 aromatic carbocycles. The number of ether oxygens (including phenoxy) is 1. The number of carbonyl (C=O) groups is 2. The molecule has 30 heavy (non-hydrogen) atoms. The zero-order valence-corrected chi connectivity index (χ0v) is 20.8. The van der Waals surface area contributed by atoms with Crippen LogP contribution in [0.2, 0.25) is 18.1 Å². The van der Waals surface area contributed by atoms with E-state index in [1.54, 1.807) is 0 Å². The normalized spacial score (nSPS) is 17.4. The minimum absolute atomic E-state index is 0.111. The predicted molar refractivity (Wildman–Crippen MR) is 124 cm³/mol. The molecule has 1 aliphatic heterocycles. The fraction of sp³-hybridized carbons (Fsp3) is 0.667. The van der Waals surface area contributed by atoms with Crippen LogP contribution in [0.15, 0.2) is 24.3 Å². The van der Waals surface area contributed by atoms with Crippen molar-refractivity contribution in [2.24, 2.45) is 5.92 Å². The summed E-state index contributed by atoms with van der Waals surface area (Å²) in [6.45, 7) is 17.0. The van der Waals surface area contributed by atoms with E-state index in [-0.39, 0.29) is 22.8 Å². The summed E-state index contributed by atoms with van der Waals surface area (Å²) >= 11 is 0. The number of ketones is 1. The maximum atomic E-state index is 13.0. The molecular formula is C24H39NO4Si. The van der Waals surface area contributed by atoms with Crippen molar-refractivity contribution in [3.05, 3.63) is 29.8 Å². The minimum atomic E-state index is -1.89. The molecule has 0 saturated carbocycles. The van der Waals surface area contributed by atoms with Crippen LogP contribution in [-0.4, -0.2) is 50.7 Å². The van der Waals surface area contributed by atoms with Gasteiger partial charge in [-0.1, -0.05) is 20.8 Å². The molecule has 0 bridgehead atoms. The lowest BCUT2D eigenvalue weighted by molar-refractivity contribution is -0.144. The van der Waals surface area contributed by atoms with Gasteiger partial charge in [-0.2, -0.15) is 0 Å². The monoisotopic (exact) mass is 433 g/mol. The molecule has 5 nitrogen and oxygen atoms in total. The van der Waals surface area contributed by atoms with E-state index in [4.69, 9.17) is 9.16 Å². The summed E-state index contributed by atoms with van der Waals surface area (Å²) in [5.41, 5.74) is 0.721. The summed E-state index contributed by atoms with van der Waals surface area (Å²) in [5, 5.41) is 0.134. The first-order valence-electron chi connectivity index (χ1n) is 11.2. The average molecular weight is 434 g/mol. The number of esters is 1. The van der Waals surface area contributed by atoms with E-state index in [1.807, 2.05) is 38.1 Å². The van der Waals surface area contributed by atoms with Gasteiger partial charge in [-0.15, -0.1) is 0 Å². The van der Waals surface area contributed by atoms with Crippen molar-refractivity contribution >= 4 is 20.1 Å². The first kappa shape index (κ1) is 24.6. The quantitative estimate of drug-likeness (QED) is 0.316. The molecule has 0 spiro atoms. The fourth-order valence-electron chi connectivity index (χ4n) is 3.54. The largest absolute Gasteiger partial charge is 0.544 e. The highest BCUT2D eigenvalue weighted by Crippen LogP contribution is 2.37. The maximum Gasteiger partial charge on any atom is 0.306 e. The smallest absolute Gasteiger partial charge is 0.306 e. The zero-order chi connectivity index (χ0) is 22.5. The molecule has 0 N–H and O–H groups in total. The van der Waals surface area contributed by atoms with Crippen LogP contribution >= 0.6 is 0 Å². The number of hydrogen-bond donors (Lipinski definition) is 0. The van der Waals surface area contributed by atoms with E-state index in [0.29, 0.717) is 18.9 Å². The number of piperidine rings is 1.